The lowest BCUT2D eigenvalue weighted by molar-refractivity contribution is -0.0341. The second kappa shape index (κ2) is 9.87. The summed E-state index contributed by atoms with van der Waals surface area (Å²) in [5, 5.41) is 0. The van der Waals surface area contributed by atoms with Crippen LogP contribution in [0.2, 0.25) is 0 Å². The average molecular weight is 433 g/mol. The molecule has 0 N–H and O–H groups in total. The molecule has 0 bridgehead atoms. The number of rotatable bonds is 6. The van der Waals surface area contributed by atoms with Crippen molar-refractivity contribution < 1.29 is 14.3 Å². The van der Waals surface area contributed by atoms with Gasteiger partial charge >= 0.3 is 0 Å². The largest absolute Gasteiger partial charge is 0.373 e. The van der Waals surface area contributed by atoms with Crippen LogP contribution >= 0.6 is 0 Å². The van der Waals surface area contributed by atoms with E-state index in [-0.39, 0.29) is 17.9 Å². The lowest BCUT2D eigenvalue weighted by Crippen LogP contribution is -2.51. The van der Waals surface area contributed by atoms with E-state index in [1.54, 1.807) is 4.90 Å². The van der Waals surface area contributed by atoms with Gasteiger partial charge in [-0.05, 0) is 30.2 Å². The molecular weight excluding hydrogens is 404 g/mol. The van der Waals surface area contributed by atoms with Crippen LogP contribution in [0.5, 0.6) is 0 Å². The van der Waals surface area contributed by atoms with Gasteiger partial charge in [-0.25, -0.2) is 4.98 Å². The molecule has 0 radical (unpaired) electrons. The van der Waals surface area contributed by atoms with E-state index < -0.39 is 0 Å². The Balaban J connectivity index is 1.46. The van der Waals surface area contributed by atoms with Crippen molar-refractivity contribution in [3.8, 4) is 0 Å². The number of ether oxygens (including phenoxy) is 1. The molecule has 166 valence electrons. The molecule has 0 unspecified atom stereocenters. The summed E-state index contributed by atoms with van der Waals surface area (Å²) < 4.78 is 5.94. The first-order chi connectivity index (χ1) is 15.5. The van der Waals surface area contributed by atoms with Crippen molar-refractivity contribution in [2.75, 3.05) is 32.8 Å². The zero-order chi connectivity index (χ0) is 22.5. The van der Waals surface area contributed by atoms with Gasteiger partial charge in [0, 0.05) is 31.7 Å². The van der Waals surface area contributed by atoms with E-state index in [0.29, 0.717) is 55.5 Å². The number of aromatic nitrogens is 2. The van der Waals surface area contributed by atoms with Crippen LogP contribution in [-0.2, 0) is 4.74 Å². The highest BCUT2D eigenvalue weighted by molar-refractivity contribution is 5.94. The average Bonchev–Trinajstić information content (AvgIpc) is 2.83. The summed E-state index contributed by atoms with van der Waals surface area (Å²) in [5.41, 5.74) is 2.43. The summed E-state index contributed by atoms with van der Waals surface area (Å²) in [4.78, 5) is 38.6. The molecule has 2 aromatic carbocycles. The SMILES string of the molecule is CC(C)CN(C[C@H]1CN(C(=O)c2cnc3ccccc3n2)CCO1)C(=O)c1ccccc1. The van der Waals surface area contributed by atoms with E-state index in [4.69, 9.17) is 4.74 Å². The second-order valence-electron chi connectivity index (χ2n) is 8.46. The van der Waals surface area contributed by atoms with Crippen LogP contribution < -0.4 is 0 Å². The number of fused-ring (bicyclic) bond motifs is 1. The minimum absolute atomic E-state index is 0.0215. The topological polar surface area (TPSA) is 75.6 Å². The molecule has 1 atom stereocenters. The predicted octanol–water partition coefficient (Wildman–Crippen LogP) is 3.27. The lowest BCUT2D eigenvalue weighted by atomic mass is 10.1. The van der Waals surface area contributed by atoms with Crippen LogP contribution in [0.15, 0.2) is 60.8 Å². The number of morpholine rings is 1. The third kappa shape index (κ3) is 5.11. The zero-order valence-corrected chi connectivity index (χ0v) is 18.5. The summed E-state index contributed by atoms with van der Waals surface area (Å²) in [6.45, 7) is 6.54. The van der Waals surface area contributed by atoms with E-state index in [9.17, 15) is 9.59 Å². The highest BCUT2D eigenvalue weighted by atomic mass is 16.5. The molecule has 1 saturated heterocycles. The van der Waals surface area contributed by atoms with E-state index in [1.165, 1.54) is 6.20 Å². The number of carbonyl (C=O) groups is 2. The second-order valence-corrected chi connectivity index (χ2v) is 8.46. The Hall–Kier alpha value is -3.32. The summed E-state index contributed by atoms with van der Waals surface area (Å²) in [7, 11) is 0. The van der Waals surface area contributed by atoms with E-state index >= 15 is 0 Å². The Morgan fingerprint density at radius 1 is 1.09 bits per heavy atom. The van der Waals surface area contributed by atoms with Gasteiger partial charge in [0.15, 0.2) is 0 Å². The highest BCUT2D eigenvalue weighted by Crippen LogP contribution is 2.15. The fourth-order valence-electron chi connectivity index (χ4n) is 3.93. The Labute approximate surface area is 188 Å². The van der Waals surface area contributed by atoms with Gasteiger partial charge < -0.3 is 14.5 Å². The van der Waals surface area contributed by atoms with Gasteiger partial charge in [-0.1, -0.05) is 44.2 Å². The van der Waals surface area contributed by atoms with E-state index in [1.807, 2.05) is 59.5 Å². The van der Waals surface area contributed by atoms with Gasteiger partial charge in [0.05, 0.1) is 29.9 Å². The molecule has 7 nitrogen and oxygen atoms in total. The summed E-state index contributed by atoms with van der Waals surface area (Å²) in [5.74, 6) is 0.130. The summed E-state index contributed by atoms with van der Waals surface area (Å²) in [6.07, 6.45) is 1.27. The minimum Gasteiger partial charge on any atom is -0.373 e. The number of benzene rings is 2. The number of para-hydroxylation sites is 2. The molecule has 3 aromatic rings. The van der Waals surface area contributed by atoms with Gasteiger partial charge in [-0.15, -0.1) is 0 Å². The standard InChI is InChI=1S/C25H28N4O3/c1-18(2)15-29(24(30)19-8-4-3-5-9-19)17-20-16-28(12-13-32-20)25(31)23-14-26-21-10-6-7-11-22(21)27-23/h3-11,14,18,20H,12-13,15-17H2,1-2H3/t20-/m1/s1. The molecule has 0 saturated carbocycles. The van der Waals surface area contributed by atoms with Gasteiger partial charge in [0.25, 0.3) is 11.8 Å². The monoisotopic (exact) mass is 432 g/mol. The molecule has 1 aliphatic heterocycles. The van der Waals surface area contributed by atoms with Crippen molar-refractivity contribution in [2.45, 2.75) is 20.0 Å². The lowest BCUT2D eigenvalue weighted by Gasteiger charge is -2.36. The van der Waals surface area contributed by atoms with Gasteiger partial charge in [-0.2, -0.15) is 0 Å². The molecule has 0 aliphatic carbocycles. The zero-order valence-electron chi connectivity index (χ0n) is 18.5. The molecule has 32 heavy (non-hydrogen) atoms. The highest BCUT2D eigenvalue weighted by Gasteiger charge is 2.29. The molecule has 1 fully saturated rings. The Morgan fingerprint density at radius 2 is 1.81 bits per heavy atom. The van der Waals surface area contributed by atoms with Crippen molar-refractivity contribution in [2.24, 2.45) is 5.92 Å². The van der Waals surface area contributed by atoms with Crippen LogP contribution in [0.3, 0.4) is 0 Å². The quantitative estimate of drug-likeness (QED) is 0.598. The third-order valence-electron chi connectivity index (χ3n) is 5.41. The van der Waals surface area contributed by atoms with Gasteiger partial charge in [0.1, 0.15) is 5.69 Å². The number of hydrogen-bond acceptors (Lipinski definition) is 5. The van der Waals surface area contributed by atoms with Crippen molar-refractivity contribution in [3.63, 3.8) is 0 Å². The predicted molar refractivity (Wildman–Crippen MR) is 122 cm³/mol. The summed E-state index contributed by atoms with van der Waals surface area (Å²) in [6, 6.07) is 16.8. The van der Waals surface area contributed by atoms with Crippen LogP contribution in [-0.4, -0.2) is 70.5 Å². The number of hydrogen-bond donors (Lipinski definition) is 0. The van der Waals surface area contributed by atoms with Gasteiger partial charge in [-0.3, -0.25) is 14.6 Å². The van der Waals surface area contributed by atoms with Crippen molar-refractivity contribution in [1.82, 2.24) is 19.8 Å². The normalized spacial score (nSPS) is 16.3. The third-order valence-corrected chi connectivity index (χ3v) is 5.41. The first-order valence-electron chi connectivity index (χ1n) is 11.0. The molecule has 2 amide bonds. The first kappa shape index (κ1) is 21.9. The Morgan fingerprint density at radius 3 is 2.56 bits per heavy atom. The van der Waals surface area contributed by atoms with Crippen LogP contribution in [0.1, 0.15) is 34.7 Å². The van der Waals surface area contributed by atoms with E-state index in [2.05, 4.69) is 23.8 Å². The van der Waals surface area contributed by atoms with Crippen molar-refractivity contribution in [1.29, 1.82) is 0 Å². The van der Waals surface area contributed by atoms with Gasteiger partial charge in [0.2, 0.25) is 0 Å². The molecule has 1 aliphatic rings. The fraction of sp³-hybridized carbons (Fsp3) is 0.360. The van der Waals surface area contributed by atoms with Crippen LogP contribution in [0, 0.1) is 5.92 Å². The molecule has 4 rings (SSSR count). The maximum atomic E-state index is 13.1. The molecular formula is C25H28N4O3. The fourth-order valence-corrected chi connectivity index (χ4v) is 3.93. The van der Waals surface area contributed by atoms with E-state index in [0.717, 1.165) is 5.52 Å². The van der Waals surface area contributed by atoms with Crippen molar-refractivity contribution in [3.05, 3.63) is 72.1 Å². The van der Waals surface area contributed by atoms with Crippen molar-refractivity contribution >= 4 is 22.8 Å². The molecule has 0 spiro atoms. The minimum atomic E-state index is -0.257. The molecule has 2 heterocycles. The Bertz CT molecular complexity index is 1090. The number of carbonyl (C=O) groups excluding carboxylic acids is 2. The maximum Gasteiger partial charge on any atom is 0.274 e. The maximum absolute atomic E-state index is 13.1. The first-order valence-corrected chi connectivity index (χ1v) is 11.0. The Kier molecular flexibility index (Phi) is 6.75. The van der Waals surface area contributed by atoms with Crippen LogP contribution in [0.4, 0.5) is 0 Å². The van der Waals surface area contributed by atoms with Crippen LogP contribution in [0.25, 0.3) is 11.0 Å². The molecule has 1 aromatic heterocycles. The number of nitrogens with zero attached hydrogens (tertiary/aromatic N) is 4. The summed E-state index contributed by atoms with van der Waals surface area (Å²) >= 11 is 0. The molecule has 7 heteroatoms. The number of amides is 2. The smallest absolute Gasteiger partial charge is 0.274 e.